The monoisotopic (exact) mass is 337 g/mol. The van der Waals surface area contributed by atoms with Gasteiger partial charge >= 0.3 is 0 Å². The Morgan fingerprint density at radius 1 is 1.04 bits per heavy atom. The summed E-state index contributed by atoms with van der Waals surface area (Å²) in [6.07, 6.45) is 7.66. The summed E-state index contributed by atoms with van der Waals surface area (Å²) in [6.45, 7) is 16.3. The molecule has 0 bridgehead atoms. The molecule has 0 aromatic carbocycles. The topological polar surface area (TPSA) is 21.7 Å². The summed E-state index contributed by atoms with van der Waals surface area (Å²) in [4.78, 5) is 2.62. The zero-order valence-corrected chi connectivity index (χ0v) is 16.6. The minimum Gasteiger partial charge on any atom is -0.350 e. The molecule has 4 unspecified atom stereocenters. The zero-order chi connectivity index (χ0) is 17.4. The number of rotatable bonds is 2. The van der Waals surface area contributed by atoms with Gasteiger partial charge in [0, 0.05) is 18.9 Å². The van der Waals surface area contributed by atoms with E-state index in [9.17, 15) is 0 Å². The molecule has 1 saturated carbocycles. The van der Waals surface area contributed by atoms with E-state index in [2.05, 4.69) is 39.5 Å². The van der Waals surface area contributed by atoms with Gasteiger partial charge in [-0.3, -0.25) is 0 Å². The predicted octanol–water partition coefficient (Wildman–Crippen LogP) is 4.70. The molecule has 0 aromatic heterocycles. The van der Waals surface area contributed by atoms with Gasteiger partial charge in [0.15, 0.2) is 5.79 Å². The molecule has 1 spiro atoms. The van der Waals surface area contributed by atoms with Crippen LogP contribution in [-0.4, -0.2) is 43.0 Å². The van der Waals surface area contributed by atoms with Gasteiger partial charge in [-0.05, 0) is 62.4 Å². The highest BCUT2D eigenvalue weighted by Crippen LogP contribution is 2.48. The maximum absolute atomic E-state index is 6.65. The molecule has 0 aromatic rings. The van der Waals surface area contributed by atoms with Crippen LogP contribution in [0.4, 0.5) is 0 Å². The van der Waals surface area contributed by atoms with Crippen molar-refractivity contribution in [2.24, 2.45) is 23.2 Å². The first-order valence-corrected chi connectivity index (χ1v) is 10.3. The van der Waals surface area contributed by atoms with Crippen molar-refractivity contribution >= 4 is 0 Å². The van der Waals surface area contributed by atoms with Crippen LogP contribution >= 0.6 is 0 Å². The van der Waals surface area contributed by atoms with E-state index in [0.29, 0.717) is 17.4 Å². The third-order valence-corrected chi connectivity index (χ3v) is 6.95. The molecule has 4 atom stereocenters. The molecule has 140 valence electrons. The van der Waals surface area contributed by atoms with Crippen LogP contribution in [0.25, 0.3) is 0 Å². The van der Waals surface area contributed by atoms with Crippen LogP contribution in [-0.2, 0) is 9.47 Å². The van der Waals surface area contributed by atoms with E-state index in [1.807, 2.05) is 0 Å². The Labute approximate surface area is 149 Å². The quantitative estimate of drug-likeness (QED) is 0.729. The van der Waals surface area contributed by atoms with Gasteiger partial charge in [0.2, 0.25) is 0 Å². The molecule has 2 heterocycles. The van der Waals surface area contributed by atoms with Crippen LogP contribution in [0.1, 0.15) is 73.1 Å². The van der Waals surface area contributed by atoms with Crippen molar-refractivity contribution in [3.8, 4) is 0 Å². The second-order valence-electron chi connectivity index (χ2n) is 9.91. The third kappa shape index (κ3) is 4.16. The highest BCUT2D eigenvalue weighted by Gasteiger charge is 2.48. The summed E-state index contributed by atoms with van der Waals surface area (Å²) in [6, 6.07) is 0. The number of ether oxygens (including phenoxy) is 2. The van der Waals surface area contributed by atoms with Gasteiger partial charge in [0.1, 0.15) is 0 Å². The Morgan fingerprint density at radius 2 is 1.75 bits per heavy atom. The van der Waals surface area contributed by atoms with Crippen LogP contribution in [0.3, 0.4) is 0 Å². The fourth-order valence-corrected chi connectivity index (χ4v) is 4.92. The average Bonchev–Trinajstić information content (AvgIpc) is 2.52. The van der Waals surface area contributed by atoms with E-state index >= 15 is 0 Å². The first-order valence-electron chi connectivity index (χ1n) is 10.3. The maximum atomic E-state index is 6.65. The molecule has 1 aliphatic carbocycles. The third-order valence-electron chi connectivity index (χ3n) is 6.95. The van der Waals surface area contributed by atoms with E-state index in [1.165, 1.54) is 38.8 Å². The lowest BCUT2D eigenvalue weighted by atomic mass is 9.67. The Kier molecular flexibility index (Phi) is 5.64. The lowest BCUT2D eigenvalue weighted by Gasteiger charge is -2.51. The lowest BCUT2D eigenvalue weighted by Crippen LogP contribution is -2.55. The minimum atomic E-state index is -0.298. The zero-order valence-electron chi connectivity index (χ0n) is 16.6. The minimum absolute atomic E-state index is 0.298. The van der Waals surface area contributed by atoms with Gasteiger partial charge in [0.05, 0.1) is 12.7 Å². The van der Waals surface area contributed by atoms with E-state index in [0.717, 1.165) is 37.8 Å². The standard InChI is InChI=1S/C21H39NO2/c1-16-7-11-22(12-8-16)15-19-9-13-23-21(24-19)10-6-18(14-17(21)2)20(3,4)5/h16-19H,6-15H2,1-5H3. The Morgan fingerprint density at radius 3 is 2.38 bits per heavy atom. The molecule has 0 amide bonds. The van der Waals surface area contributed by atoms with Gasteiger partial charge in [-0.15, -0.1) is 0 Å². The molecule has 24 heavy (non-hydrogen) atoms. The highest BCUT2D eigenvalue weighted by molar-refractivity contribution is 4.92. The molecule has 0 radical (unpaired) electrons. The van der Waals surface area contributed by atoms with Crippen molar-refractivity contribution in [2.45, 2.75) is 85.0 Å². The summed E-state index contributed by atoms with van der Waals surface area (Å²) in [7, 11) is 0. The predicted molar refractivity (Wildman–Crippen MR) is 99.0 cm³/mol. The van der Waals surface area contributed by atoms with Gasteiger partial charge in [-0.2, -0.15) is 0 Å². The summed E-state index contributed by atoms with van der Waals surface area (Å²) in [5, 5.41) is 0. The first-order chi connectivity index (χ1) is 11.3. The smallest absolute Gasteiger partial charge is 0.171 e. The Bertz CT molecular complexity index is 411. The number of hydrogen-bond donors (Lipinski definition) is 0. The number of piperidine rings is 1. The van der Waals surface area contributed by atoms with Gasteiger partial charge in [-0.25, -0.2) is 0 Å². The lowest BCUT2D eigenvalue weighted by molar-refractivity contribution is -0.332. The van der Waals surface area contributed by atoms with Crippen molar-refractivity contribution in [3.63, 3.8) is 0 Å². The van der Waals surface area contributed by atoms with Gasteiger partial charge in [0.25, 0.3) is 0 Å². The van der Waals surface area contributed by atoms with Crippen molar-refractivity contribution in [2.75, 3.05) is 26.2 Å². The molecule has 3 nitrogen and oxygen atoms in total. The van der Waals surface area contributed by atoms with Gasteiger partial charge < -0.3 is 14.4 Å². The van der Waals surface area contributed by atoms with Crippen LogP contribution in [0.5, 0.6) is 0 Å². The van der Waals surface area contributed by atoms with Crippen molar-refractivity contribution in [1.29, 1.82) is 0 Å². The second-order valence-corrected chi connectivity index (χ2v) is 9.91. The number of hydrogen-bond acceptors (Lipinski definition) is 3. The van der Waals surface area contributed by atoms with Crippen molar-refractivity contribution in [1.82, 2.24) is 4.90 Å². The van der Waals surface area contributed by atoms with Crippen LogP contribution in [0.15, 0.2) is 0 Å². The van der Waals surface area contributed by atoms with E-state index in [4.69, 9.17) is 9.47 Å². The molecule has 2 aliphatic heterocycles. The fraction of sp³-hybridized carbons (Fsp3) is 1.00. The summed E-state index contributed by atoms with van der Waals surface area (Å²) in [5.41, 5.74) is 0.397. The van der Waals surface area contributed by atoms with E-state index in [1.54, 1.807) is 0 Å². The fourth-order valence-electron chi connectivity index (χ4n) is 4.92. The van der Waals surface area contributed by atoms with Crippen molar-refractivity contribution in [3.05, 3.63) is 0 Å². The van der Waals surface area contributed by atoms with Crippen LogP contribution in [0.2, 0.25) is 0 Å². The number of nitrogens with zero attached hydrogens (tertiary/aromatic N) is 1. The SMILES string of the molecule is CC1CCN(CC2CCOC3(CCC(C(C)(C)C)CC3C)O2)CC1. The number of likely N-dealkylation sites (tertiary alicyclic amines) is 1. The maximum Gasteiger partial charge on any atom is 0.171 e. The molecule has 3 rings (SSSR count). The summed E-state index contributed by atoms with van der Waals surface area (Å²) < 4.78 is 12.9. The first kappa shape index (κ1) is 18.7. The molecule has 3 heteroatoms. The molecular weight excluding hydrogens is 298 g/mol. The molecule has 3 fully saturated rings. The molecule has 0 N–H and O–H groups in total. The second kappa shape index (κ2) is 7.25. The van der Waals surface area contributed by atoms with Gasteiger partial charge in [-0.1, -0.05) is 34.6 Å². The highest BCUT2D eigenvalue weighted by atomic mass is 16.7. The average molecular weight is 338 g/mol. The largest absolute Gasteiger partial charge is 0.350 e. The molecule has 3 aliphatic rings. The van der Waals surface area contributed by atoms with E-state index in [-0.39, 0.29) is 5.79 Å². The summed E-state index contributed by atoms with van der Waals surface area (Å²) in [5.74, 6) is 1.89. The normalized spacial score (nSPS) is 40.1. The van der Waals surface area contributed by atoms with Crippen LogP contribution < -0.4 is 0 Å². The van der Waals surface area contributed by atoms with Crippen LogP contribution in [0, 0.1) is 23.2 Å². The van der Waals surface area contributed by atoms with Crippen molar-refractivity contribution < 1.29 is 9.47 Å². The Balaban J connectivity index is 1.57. The molecular formula is C21H39NO2. The van der Waals surface area contributed by atoms with E-state index < -0.39 is 0 Å². The molecule has 2 saturated heterocycles. The summed E-state index contributed by atoms with van der Waals surface area (Å²) >= 11 is 0. The Hall–Kier alpha value is -0.120.